The van der Waals surface area contributed by atoms with Gasteiger partial charge in [0.05, 0.1) is 17.6 Å². The van der Waals surface area contributed by atoms with E-state index >= 15 is 0 Å². The van der Waals surface area contributed by atoms with Gasteiger partial charge in [0.1, 0.15) is 5.82 Å². The molecule has 3 amide bonds. The molecule has 1 unspecified atom stereocenters. The number of likely N-dealkylation sites (tertiary alicyclic amines) is 1. The van der Waals surface area contributed by atoms with Gasteiger partial charge in [-0.15, -0.1) is 0 Å². The predicted molar refractivity (Wildman–Crippen MR) is 152 cm³/mol. The Morgan fingerprint density at radius 1 is 1.07 bits per heavy atom. The van der Waals surface area contributed by atoms with Gasteiger partial charge in [-0.1, -0.05) is 30.3 Å². The SMILES string of the molecule is COC(=O)c1ccc(NC(=O)N2CC3(CCN(C(C)=O)C3)c3cc(S(=O)(=O)N(C)Cc4ccccc4)ccc32)nc1. The van der Waals surface area contributed by atoms with Crippen molar-refractivity contribution in [3.63, 3.8) is 0 Å². The lowest BCUT2D eigenvalue weighted by Gasteiger charge is -2.26. The first kappa shape index (κ1) is 28.2. The third-order valence-electron chi connectivity index (χ3n) is 7.71. The third-order valence-corrected chi connectivity index (χ3v) is 9.51. The molecule has 1 atom stereocenters. The molecule has 0 saturated carbocycles. The summed E-state index contributed by atoms with van der Waals surface area (Å²) in [7, 11) is -1.04. The molecular formula is C29H31N5O6S. The molecule has 2 aliphatic heterocycles. The van der Waals surface area contributed by atoms with Gasteiger partial charge in [-0.3, -0.25) is 15.0 Å². The van der Waals surface area contributed by atoms with Crippen LogP contribution in [0.1, 0.15) is 34.8 Å². The number of methoxy groups -OCH3 is 1. The number of fused-ring (bicyclic) bond motifs is 2. The normalized spacial score (nSPS) is 18.0. The Kier molecular flexibility index (Phi) is 7.54. The number of carbonyl (C=O) groups is 3. The molecular weight excluding hydrogens is 546 g/mol. The molecule has 3 heterocycles. The summed E-state index contributed by atoms with van der Waals surface area (Å²) in [5.74, 6) is -0.376. The maximum absolute atomic E-state index is 13.6. The van der Waals surface area contributed by atoms with E-state index in [0.717, 1.165) is 5.56 Å². The third kappa shape index (κ3) is 5.40. The first-order valence-electron chi connectivity index (χ1n) is 13.1. The number of urea groups is 1. The highest BCUT2D eigenvalue weighted by atomic mass is 32.2. The molecule has 1 saturated heterocycles. The number of pyridine rings is 1. The van der Waals surface area contributed by atoms with E-state index in [1.807, 2.05) is 30.3 Å². The fourth-order valence-corrected chi connectivity index (χ4v) is 6.65. The molecule has 0 aliphatic carbocycles. The number of aromatic nitrogens is 1. The maximum Gasteiger partial charge on any atom is 0.339 e. The minimum absolute atomic E-state index is 0.0763. The molecule has 214 valence electrons. The van der Waals surface area contributed by atoms with Crippen molar-refractivity contribution < 1.29 is 27.5 Å². The van der Waals surface area contributed by atoms with E-state index in [-0.39, 0.29) is 35.3 Å². The van der Waals surface area contributed by atoms with Crippen molar-refractivity contribution in [1.29, 1.82) is 0 Å². The number of sulfonamides is 1. The van der Waals surface area contributed by atoms with Gasteiger partial charge in [-0.25, -0.2) is 23.0 Å². The van der Waals surface area contributed by atoms with E-state index in [1.165, 1.54) is 49.8 Å². The summed E-state index contributed by atoms with van der Waals surface area (Å²) in [6, 6.07) is 16.7. The zero-order valence-corrected chi connectivity index (χ0v) is 23.8. The van der Waals surface area contributed by atoms with E-state index < -0.39 is 27.4 Å². The van der Waals surface area contributed by atoms with Crippen molar-refractivity contribution >= 4 is 39.4 Å². The summed E-state index contributed by atoms with van der Waals surface area (Å²) in [6.45, 7) is 2.85. The molecule has 0 radical (unpaired) electrons. The quantitative estimate of drug-likeness (QED) is 0.446. The highest BCUT2D eigenvalue weighted by Crippen LogP contribution is 2.47. The number of hydrogen-bond donors (Lipinski definition) is 1. The second-order valence-electron chi connectivity index (χ2n) is 10.3. The molecule has 2 aromatic carbocycles. The number of anilines is 2. The molecule has 1 N–H and O–H groups in total. The Hall–Kier alpha value is -4.29. The average Bonchev–Trinajstić information content (AvgIpc) is 3.55. The zero-order valence-electron chi connectivity index (χ0n) is 23.0. The highest BCUT2D eigenvalue weighted by molar-refractivity contribution is 7.89. The van der Waals surface area contributed by atoms with Crippen LogP contribution in [-0.2, 0) is 31.5 Å². The van der Waals surface area contributed by atoms with E-state index in [4.69, 9.17) is 0 Å². The number of rotatable bonds is 6. The summed E-state index contributed by atoms with van der Waals surface area (Å²) in [6.07, 6.45) is 1.89. The van der Waals surface area contributed by atoms with Crippen LogP contribution >= 0.6 is 0 Å². The second kappa shape index (κ2) is 10.9. The Morgan fingerprint density at radius 3 is 2.46 bits per heavy atom. The van der Waals surface area contributed by atoms with E-state index in [9.17, 15) is 22.8 Å². The predicted octanol–water partition coefficient (Wildman–Crippen LogP) is 3.23. The summed E-state index contributed by atoms with van der Waals surface area (Å²) >= 11 is 0. The molecule has 41 heavy (non-hydrogen) atoms. The standard InChI is InChI=1S/C29H31N5O6S/c1-20(35)33-14-13-29(18-33)19-34(28(37)31-26-12-9-22(16-30-26)27(36)40-3)25-11-10-23(15-24(25)29)41(38,39)32(2)17-21-7-5-4-6-8-21/h4-12,15-16H,13-14,17-19H2,1-3H3,(H,30,31,37). The zero-order chi connectivity index (χ0) is 29.4. The van der Waals surface area contributed by atoms with Gasteiger partial charge in [0.25, 0.3) is 0 Å². The lowest BCUT2D eigenvalue weighted by atomic mass is 9.81. The first-order chi connectivity index (χ1) is 19.5. The van der Waals surface area contributed by atoms with Gasteiger partial charge < -0.3 is 9.64 Å². The van der Waals surface area contributed by atoms with Crippen molar-refractivity contribution in [2.75, 3.05) is 44.0 Å². The van der Waals surface area contributed by atoms with Crippen LogP contribution in [-0.4, -0.2) is 74.3 Å². The highest BCUT2D eigenvalue weighted by Gasteiger charge is 2.50. The van der Waals surface area contributed by atoms with Gasteiger partial charge in [0, 0.05) is 57.4 Å². The van der Waals surface area contributed by atoms with Crippen LogP contribution in [0, 0.1) is 0 Å². The molecule has 2 aliphatic rings. The molecule has 12 heteroatoms. The minimum atomic E-state index is -3.85. The van der Waals surface area contributed by atoms with Crippen LogP contribution in [0.5, 0.6) is 0 Å². The van der Waals surface area contributed by atoms with Crippen molar-refractivity contribution in [1.82, 2.24) is 14.2 Å². The fourth-order valence-electron chi connectivity index (χ4n) is 5.47. The van der Waals surface area contributed by atoms with Gasteiger partial charge in [0.15, 0.2) is 0 Å². The van der Waals surface area contributed by atoms with Crippen LogP contribution < -0.4 is 10.2 Å². The van der Waals surface area contributed by atoms with Gasteiger partial charge in [0.2, 0.25) is 15.9 Å². The van der Waals surface area contributed by atoms with Crippen molar-refractivity contribution in [2.45, 2.75) is 30.2 Å². The number of amides is 3. The number of carbonyl (C=O) groups excluding carboxylic acids is 3. The lowest BCUT2D eigenvalue weighted by molar-refractivity contribution is -0.127. The Morgan fingerprint density at radius 2 is 1.83 bits per heavy atom. The summed E-state index contributed by atoms with van der Waals surface area (Å²) in [5, 5.41) is 2.76. The van der Waals surface area contributed by atoms with Crippen LogP contribution in [0.15, 0.2) is 71.8 Å². The molecule has 1 fully saturated rings. The maximum atomic E-state index is 13.6. The Labute approximate surface area is 238 Å². The largest absolute Gasteiger partial charge is 0.465 e. The second-order valence-corrected chi connectivity index (χ2v) is 12.4. The van der Waals surface area contributed by atoms with Crippen molar-refractivity contribution in [3.8, 4) is 0 Å². The van der Waals surface area contributed by atoms with Gasteiger partial charge in [-0.05, 0) is 47.9 Å². The molecule has 0 bridgehead atoms. The molecule has 3 aromatic rings. The molecule has 5 rings (SSSR count). The van der Waals surface area contributed by atoms with Crippen LogP contribution in [0.4, 0.5) is 16.3 Å². The average molecular weight is 578 g/mol. The van der Waals surface area contributed by atoms with Crippen LogP contribution in [0.25, 0.3) is 0 Å². The molecule has 1 spiro atoms. The topological polar surface area (TPSA) is 129 Å². The number of esters is 1. The summed E-state index contributed by atoms with van der Waals surface area (Å²) in [4.78, 5) is 45.0. The van der Waals surface area contributed by atoms with Crippen LogP contribution in [0.3, 0.4) is 0 Å². The monoisotopic (exact) mass is 577 g/mol. The van der Waals surface area contributed by atoms with E-state index in [1.54, 1.807) is 21.9 Å². The number of benzene rings is 2. The Bertz CT molecular complexity index is 1600. The number of nitrogens with one attached hydrogen (secondary N) is 1. The Balaban J connectivity index is 1.46. The smallest absolute Gasteiger partial charge is 0.339 e. The number of ether oxygens (including phenoxy) is 1. The molecule has 11 nitrogen and oxygen atoms in total. The van der Waals surface area contributed by atoms with E-state index in [2.05, 4.69) is 15.0 Å². The fraction of sp³-hybridized carbons (Fsp3) is 0.310. The summed E-state index contributed by atoms with van der Waals surface area (Å²) in [5.41, 5.74) is 1.77. The van der Waals surface area contributed by atoms with E-state index in [0.29, 0.717) is 30.8 Å². The number of nitrogens with zero attached hydrogens (tertiary/aromatic N) is 4. The van der Waals surface area contributed by atoms with Gasteiger partial charge >= 0.3 is 12.0 Å². The molecule has 1 aromatic heterocycles. The van der Waals surface area contributed by atoms with Crippen molar-refractivity contribution in [2.24, 2.45) is 0 Å². The minimum Gasteiger partial charge on any atom is -0.465 e. The van der Waals surface area contributed by atoms with Crippen molar-refractivity contribution in [3.05, 3.63) is 83.6 Å². The first-order valence-corrected chi connectivity index (χ1v) is 14.5. The van der Waals surface area contributed by atoms with Gasteiger partial charge in [-0.2, -0.15) is 4.31 Å². The lowest BCUT2D eigenvalue weighted by Crippen LogP contribution is -2.41. The number of hydrogen-bond acceptors (Lipinski definition) is 7. The van der Waals surface area contributed by atoms with Crippen LogP contribution in [0.2, 0.25) is 0 Å². The summed E-state index contributed by atoms with van der Waals surface area (Å²) < 4.78 is 33.2.